The van der Waals surface area contributed by atoms with Gasteiger partial charge in [-0.3, -0.25) is 4.98 Å². The quantitative estimate of drug-likeness (QED) is 0.393. The molecule has 1 aromatic carbocycles. The molecule has 2 aliphatic rings. The van der Waals surface area contributed by atoms with Gasteiger partial charge in [0.15, 0.2) is 16.6 Å². The van der Waals surface area contributed by atoms with Gasteiger partial charge in [0.2, 0.25) is 6.79 Å². The number of thiocarbonyl (C=S) groups is 1. The Morgan fingerprint density at radius 3 is 2.69 bits per heavy atom. The molecule has 0 unspecified atom stereocenters. The minimum absolute atomic E-state index is 0.0466. The Bertz CT molecular complexity index is 1100. The van der Waals surface area contributed by atoms with Gasteiger partial charge in [-0.05, 0) is 72.9 Å². The smallest absolute Gasteiger partial charge is 0.231 e. The number of halogens is 1. The molecule has 29 heavy (non-hydrogen) atoms. The van der Waals surface area contributed by atoms with Crippen molar-refractivity contribution >= 4 is 45.6 Å². The van der Waals surface area contributed by atoms with Crippen LogP contribution in [0.2, 0.25) is 0 Å². The normalized spacial score (nSPS) is 20.2. The Hall–Kier alpha value is -2.33. The van der Waals surface area contributed by atoms with E-state index >= 15 is 0 Å². The summed E-state index contributed by atoms with van der Waals surface area (Å²) in [5.74, 6) is 1.50. The number of ether oxygens (including phenoxy) is 2. The predicted molar refractivity (Wildman–Crippen MR) is 123 cm³/mol. The second-order valence-corrected chi connectivity index (χ2v) is 8.60. The molecule has 2 N–H and O–H groups in total. The van der Waals surface area contributed by atoms with E-state index in [2.05, 4.69) is 56.6 Å². The fourth-order valence-electron chi connectivity index (χ4n) is 4.08. The number of nitrogens with one attached hydrogen (secondary N) is 2. The zero-order valence-electron chi connectivity index (χ0n) is 15.9. The number of rotatable bonds is 3. The summed E-state index contributed by atoms with van der Waals surface area (Å²) in [5, 5.41) is 4.17. The fourth-order valence-corrected chi connectivity index (χ4v) is 5.29. The van der Waals surface area contributed by atoms with Gasteiger partial charge in [-0.1, -0.05) is 6.07 Å². The average Bonchev–Trinajstić information content (AvgIpc) is 3.38. The summed E-state index contributed by atoms with van der Waals surface area (Å²) in [6.45, 7) is 4.45. The molecule has 1 fully saturated rings. The van der Waals surface area contributed by atoms with Gasteiger partial charge in [-0.15, -0.1) is 0 Å². The van der Waals surface area contributed by atoms with Crippen molar-refractivity contribution in [3.63, 3.8) is 0 Å². The SMILES string of the molecule is Cc1[nH]c(C)c([C@@H]2[C@@H](c3ccccn3)NC(=S)N2c2ccc3c(c2)OCO3)c1I. The van der Waals surface area contributed by atoms with Crippen molar-refractivity contribution in [2.75, 3.05) is 11.7 Å². The van der Waals surface area contributed by atoms with Crippen molar-refractivity contribution in [3.05, 3.63) is 68.8 Å². The molecule has 1 saturated heterocycles. The van der Waals surface area contributed by atoms with E-state index in [1.54, 1.807) is 0 Å². The zero-order valence-corrected chi connectivity index (χ0v) is 18.9. The summed E-state index contributed by atoms with van der Waals surface area (Å²) >= 11 is 8.22. The molecular formula is C21H19IN4O2S. The molecule has 2 atom stereocenters. The third-order valence-electron chi connectivity index (χ3n) is 5.37. The predicted octanol–water partition coefficient (Wildman–Crippen LogP) is 4.54. The maximum atomic E-state index is 5.80. The van der Waals surface area contributed by atoms with Crippen LogP contribution in [-0.4, -0.2) is 21.9 Å². The number of anilines is 1. The van der Waals surface area contributed by atoms with E-state index in [1.165, 1.54) is 9.13 Å². The first-order valence-corrected chi connectivity index (χ1v) is 10.8. The second-order valence-electron chi connectivity index (χ2n) is 7.14. The molecule has 3 aromatic rings. The Balaban J connectivity index is 1.67. The number of H-pyrrole nitrogens is 1. The van der Waals surface area contributed by atoms with Crippen molar-refractivity contribution < 1.29 is 9.47 Å². The van der Waals surface area contributed by atoms with Gasteiger partial charge in [0.1, 0.15) is 0 Å². The van der Waals surface area contributed by atoms with Gasteiger partial charge in [-0.25, -0.2) is 0 Å². The summed E-state index contributed by atoms with van der Waals surface area (Å²) in [4.78, 5) is 10.3. The molecule has 0 bridgehead atoms. The molecule has 148 valence electrons. The molecule has 5 rings (SSSR count). The average molecular weight is 518 g/mol. The second kappa shape index (κ2) is 7.17. The highest BCUT2D eigenvalue weighted by Crippen LogP contribution is 2.46. The largest absolute Gasteiger partial charge is 0.454 e. The molecule has 0 spiro atoms. The van der Waals surface area contributed by atoms with E-state index in [0.717, 1.165) is 34.3 Å². The van der Waals surface area contributed by atoms with Gasteiger partial charge < -0.3 is 24.7 Å². The van der Waals surface area contributed by atoms with E-state index in [1.807, 2.05) is 42.6 Å². The third-order valence-corrected chi connectivity index (χ3v) is 7.08. The van der Waals surface area contributed by atoms with E-state index in [9.17, 15) is 0 Å². The molecule has 2 aromatic heterocycles. The Morgan fingerprint density at radius 1 is 1.14 bits per heavy atom. The van der Waals surface area contributed by atoms with Crippen LogP contribution >= 0.6 is 34.8 Å². The van der Waals surface area contributed by atoms with Gasteiger partial charge >= 0.3 is 0 Å². The van der Waals surface area contributed by atoms with Crippen LogP contribution in [0, 0.1) is 17.4 Å². The molecule has 8 heteroatoms. The van der Waals surface area contributed by atoms with Crippen LogP contribution in [0.4, 0.5) is 5.69 Å². The summed E-state index contributed by atoms with van der Waals surface area (Å²) in [7, 11) is 0. The number of aromatic nitrogens is 2. The topological polar surface area (TPSA) is 62.4 Å². The molecule has 6 nitrogen and oxygen atoms in total. The van der Waals surface area contributed by atoms with E-state index in [4.69, 9.17) is 21.7 Å². The Kier molecular flexibility index (Phi) is 4.62. The number of fused-ring (bicyclic) bond motifs is 1. The molecule has 0 aliphatic carbocycles. The number of hydrogen-bond donors (Lipinski definition) is 2. The Labute approximate surface area is 187 Å². The molecule has 0 radical (unpaired) electrons. The number of aromatic amines is 1. The lowest BCUT2D eigenvalue weighted by atomic mass is 9.96. The summed E-state index contributed by atoms with van der Waals surface area (Å²) in [6, 6.07) is 11.8. The lowest BCUT2D eigenvalue weighted by Gasteiger charge is -2.28. The molecule has 0 saturated carbocycles. The van der Waals surface area contributed by atoms with Crippen molar-refractivity contribution in [2.24, 2.45) is 0 Å². The zero-order chi connectivity index (χ0) is 20.1. The third kappa shape index (κ3) is 3.05. The van der Waals surface area contributed by atoms with Crippen LogP contribution in [0.3, 0.4) is 0 Å². The number of hydrogen-bond acceptors (Lipinski definition) is 4. The van der Waals surface area contributed by atoms with Gasteiger partial charge in [0, 0.05) is 38.5 Å². The highest BCUT2D eigenvalue weighted by Gasteiger charge is 2.43. The van der Waals surface area contributed by atoms with Crippen molar-refractivity contribution in [3.8, 4) is 11.5 Å². The molecule has 4 heterocycles. The van der Waals surface area contributed by atoms with Crippen LogP contribution in [0.5, 0.6) is 11.5 Å². The molecule has 0 amide bonds. The van der Waals surface area contributed by atoms with Crippen molar-refractivity contribution in [1.29, 1.82) is 0 Å². The number of benzene rings is 1. The molecule has 2 aliphatic heterocycles. The molecular weight excluding hydrogens is 499 g/mol. The van der Waals surface area contributed by atoms with Gasteiger partial charge in [0.25, 0.3) is 0 Å². The minimum Gasteiger partial charge on any atom is -0.454 e. The van der Waals surface area contributed by atoms with Crippen LogP contribution in [0.25, 0.3) is 0 Å². The monoisotopic (exact) mass is 518 g/mol. The van der Waals surface area contributed by atoms with Crippen LogP contribution in [0.1, 0.15) is 34.7 Å². The maximum absolute atomic E-state index is 5.80. The van der Waals surface area contributed by atoms with Gasteiger partial charge in [0.05, 0.1) is 17.8 Å². The highest BCUT2D eigenvalue weighted by atomic mass is 127. The van der Waals surface area contributed by atoms with Crippen LogP contribution in [-0.2, 0) is 0 Å². The van der Waals surface area contributed by atoms with Crippen molar-refractivity contribution in [1.82, 2.24) is 15.3 Å². The summed E-state index contributed by atoms with van der Waals surface area (Å²) < 4.78 is 12.3. The number of nitrogens with zero attached hydrogens (tertiary/aromatic N) is 2. The van der Waals surface area contributed by atoms with Gasteiger partial charge in [-0.2, -0.15) is 0 Å². The summed E-state index contributed by atoms with van der Waals surface area (Å²) in [6.07, 6.45) is 1.82. The first-order chi connectivity index (χ1) is 14.0. The van der Waals surface area contributed by atoms with Crippen molar-refractivity contribution in [2.45, 2.75) is 25.9 Å². The van der Waals surface area contributed by atoms with Crippen LogP contribution < -0.4 is 19.7 Å². The first kappa shape index (κ1) is 18.7. The fraction of sp³-hybridized carbons (Fsp3) is 0.238. The standard InChI is InChI=1S/C21H19IN4O2S/c1-11-17(18(22)12(2)24-11)20-19(14-5-3-4-8-23-14)25-21(29)26(20)13-6-7-15-16(9-13)28-10-27-15/h3-9,19-20,24H,10H2,1-2H3,(H,25,29)/t19-,20-/m1/s1. The minimum atomic E-state index is -0.0726. The lowest BCUT2D eigenvalue weighted by molar-refractivity contribution is 0.174. The number of aryl methyl sites for hydroxylation is 2. The first-order valence-electron chi connectivity index (χ1n) is 9.29. The van der Waals surface area contributed by atoms with E-state index in [0.29, 0.717) is 5.11 Å². The highest BCUT2D eigenvalue weighted by molar-refractivity contribution is 14.1. The Morgan fingerprint density at radius 2 is 1.97 bits per heavy atom. The summed E-state index contributed by atoms with van der Waals surface area (Å²) in [5.41, 5.74) is 5.43. The van der Waals surface area contributed by atoms with E-state index in [-0.39, 0.29) is 18.9 Å². The van der Waals surface area contributed by atoms with Crippen LogP contribution in [0.15, 0.2) is 42.6 Å². The van der Waals surface area contributed by atoms with E-state index < -0.39 is 0 Å². The lowest BCUT2D eigenvalue weighted by Crippen LogP contribution is -2.29. The maximum Gasteiger partial charge on any atom is 0.231 e. The number of pyridine rings is 1.